The van der Waals surface area contributed by atoms with Gasteiger partial charge in [-0.15, -0.1) is 0 Å². The summed E-state index contributed by atoms with van der Waals surface area (Å²) in [7, 11) is 0. The van der Waals surface area contributed by atoms with Gasteiger partial charge in [0.15, 0.2) is 0 Å². The van der Waals surface area contributed by atoms with Crippen molar-refractivity contribution in [3.63, 3.8) is 0 Å². The maximum absolute atomic E-state index is 13.4. The Bertz CT molecular complexity index is 673. The lowest BCUT2D eigenvalue weighted by Crippen LogP contribution is -2.55. The number of fused-ring (bicyclic) bond motifs is 1. The Morgan fingerprint density at radius 3 is 2.56 bits per heavy atom. The van der Waals surface area contributed by atoms with Gasteiger partial charge in [0.1, 0.15) is 5.82 Å². The Balaban J connectivity index is 1.52. The average molecular weight is 375 g/mol. The van der Waals surface area contributed by atoms with Crippen molar-refractivity contribution in [1.29, 1.82) is 0 Å². The number of carbonyl (C=O) groups is 1. The van der Waals surface area contributed by atoms with Crippen molar-refractivity contribution >= 4 is 11.6 Å². The fourth-order valence-electron chi connectivity index (χ4n) is 5.14. The third kappa shape index (κ3) is 3.69. The highest BCUT2D eigenvalue weighted by Gasteiger charge is 2.50. The van der Waals surface area contributed by atoms with Crippen LogP contribution in [-0.2, 0) is 9.53 Å². The number of hydrogen-bond acceptors (Lipinski definition) is 4. The zero-order valence-corrected chi connectivity index (χ0v) is 16.4. The second-order valence-corrected chi connectivity index (χ2v) is 8.62. The summed E-state index contributed by atoms with van der Waals surface area (Å²) in [6.07, 6.45) is 3.04. The van der Waals surface area contributed by atoms with E-state index in [4.69, 9.17) is 4.74 Å². The molecule has 4 rings (SSSR count). The van der Waals surface area contributed by atoms with Crippen LogP contribution in [0.3, 0.4) is 0 Å². The molecule has 1 aromatic carbocycles. The second-order valence-electron chi connectivity index (χ2n) is 8.62. The lowest BCUT2D eigenvalue weighted by Gasteiger charge is -2.43. The van der Waals surface area contributed by atoms with E-state index in [1.807, 2.05) is 12.1 Å². The Labute approximate surface area is 161 Å². The van der Waals surface area contributed by atoms with Gasteiger partial charge in [-0.3, -0.25) is 9.69 Å². The minimum atomic E-state index is -0.210. The van der Waals surface area contributed by atoms with E-state index >= 15 is 0 Å². The molecule has 0 aromatic heterocycles. The van der Waals surface area contributed by atoms with Crippen LogP contribution < -0.4 is 4.90 Å². The molecule has 3 aliphatic heterocycles. The number of rotatable bonds is 3. The number of hydrogen-bond donors (Lipinski definition) is 0. The van der Waals surface area contributed by atoms with E-state index in [0.29, 0.717) is 25.8 Å². The Kier molecular flexibility index (Phi) is 5.12. The first-order valence-corrected chi connectivity index (χ1v) is 10.1. The van der Waals surface area contributed by atoms with Gasteiger partial charge in [-0.1, -0.05) is 0 Å². The summed E-state index contributed by atoms with van der Waals surface area (Å²) >= 11 is 0. The summed E-state index contributed by atoms with van der Waals surface area (Å²) in [5.74, 6) is 0.0293. The summed E-state index contributed by atoms with van der Waals surface area (Å²) in [5, 5.41) is 0. The molecule has 6 heteroatoms. The van der Waals surface area contributed by atoms with Crippen LogP contribution in [0.15, 0.2) is 24.3 Å². The van der Waals surface area contributed by atoms with E-state index < -0.39 is 0 Å². The second kappa shape index (κ2) is 7.40. The van der Waals surface area contributed by atoms with Crippen molar-refractivity contribution in [3.8, 4) is 0 Å². The number of carbonyl (C=O) groups excluding carboxylic acids is 1. The predicted molar refractivity (Wildman–Crippen MR) is 103 cm³/mol. The molecule has 148 valence electrons. The minimum Gasteiger partial charge on any atom is -0.379 e. The monoisotopic (exact) mass is 375 g/mol. The van der Waals surface area contributed by atoms with Gasteiger partial charge in [0.05, 0.1) is 31.8 Å². The van der Waals surface area contributed by atoms with Gasteiger partial charge in [0.25, 0.3) is 0 Å². The number of benzene rings is 1. The molecule has 27 heavy (non-hydrogen) atoms. The smallest absolute Gasteiger partial charge is 0.237 e. The number of anilines is 1. The van der Waals surface area contributed by atoms with E-state index in [-0.39, 0.29) is 23.3 Å². The number of morpholine rings is 1. The van der Waals surface area contributed by atoms with Crippen LogP contribution in [0.1, 0.15) is 33.1 Å². The van der Waals surface area contributed by atoms with Crippen LogP contribution in [0.2, 0.25) is 0 Å². The standard InChI is InChI=1S/C21H30FN3O2/c1-21(2)14-19-18(25(21)17-7-5-16(22)6-8-17)4-3-9-24(19)20(26)15-23-10-12-27-13-11-23/h5-8,18-19H,3-4,9-15H2,1-2H3/t18-,19-/m0/s1. The summed E-state index contributed by atoms with van der Waals surface area (Å²) in [6.45, 7) is 8.90. The summed E-state index contributed by atoms with van der Waals surface area (Å²) < 4.78 is 18.8. The lowest BCUT2D eigenvalue weighted by molar-refractivity contribution is -0.137. The van der Waals surface area contributed by atoms with Gasteiger partial charge in [-0.25, -0.2) is 4.39 Å². The van der Waals surface area contributed by atoms with Crippen LogP contribution in [0.4, 0.5) is 10.1 Å². The molecule has 0 saturated carbocycles. The molecule has 3 saturated heterocycles. The molecule has 0 spiro atoms. The molecule has 3 heterocycles. The molecule has 5 nitrogen and oxygen atoms in total. The number of halogens is 1. The molecule has 0 N–H and O–H groups in total. The molecule has 3 aliphatic rings. The first-order valence-electron chi connectivity index (χ1n) is 10.1. The SMILES string of the molecule is CC1(C)C[C@H]2[C@H](CCCN2C(=O)CN2CCOCC2)N1c1ccc(F)cc1. The lowest BCUT2D eigenvalue weighted by atomic mass is 9.94. The Morgan fingerprint density at radius 1 is 1.15 bits per heavy atom. The topological polar surface area (TPSA) is 36.0 Å². The van der Waals surface area contributed by atoms with Gasteiger partial charge in [-0.2, -0.15) is 0 Å². The van der Waals surface area contributed by atoms with Crippen LogP contribution in [0, 0.1) is 5.82 Å². The van der Waals surface area contributed by atoms with Crippen molar-refractivity contribution in [2.45, 2.75) is 50.7 Å². The number of ether oxygens (including phenoxy) is 1. The molecule has 0 radical (unpaired) electrons. The summed E-state index contributed by atoms with van der Waals surface area (Å²) in [5.41, 5.74) is 0.992. The fourth-order valence-corrected chi connectivity index (χ4v) is 5.14. The van der Waals surface area contributed by atoms with E-state index in [2.05, 4.69) is 28.5 Å². The molecule has 2 atom stereocenters. The third-order valence-corrected chi connectivity index (χ3v) is 6.32. The zero-order chi connectivity index (χ0) is 19.0. The largest absolute Gasteiger partial charge is 0.379 e. The van der Waals surface area contributed by atoms with Crippen LogP contribution in [-0.4, -0.2) is 72.7 Å². The van der Waals surface area contributed by atoms with Crippen LogP contribution in [0.25, 0.3) is 0 Å². The van der Waals surface area contributed by atoms with Crippen molar-refractivity contribution in [2.75, 3.05) is 44.3 Å². The summed E-state index contributed by atoms with van der Waals surface area (Å²) in [6, 6.07) is 7.33. The van der Waals surface area contributed by atoms with Crippen molar-refractivity contribution in [1.82, 2.24) is 9.80 Å². The Morgan fingerprint density at radius 2 is 1.85 bits per heavy atom. The third-order valence-electron chi connectivity index (χ3n) is 6.32. The van der Waals surface area contributed by atoms with Gasteiger partial charge >= 0.3 is 0 Å². The molecule has 3 fully saturated rings. The minimum absolute atomic E-state index is 0.0605. The number of nitrogens with zero attached hydrogens (tertiary/aromatic N) is 3. The molecule has 0 bridgehead atoms. The van der Waals surface area contributed by atoms with Gasteiger partial charge in [0.2, 0.25) is 5.91 Å². The maximum atomic E-state index is 13.4. The highest BCUT2D eigenvalue weighted by Crippen LogP contribution is 2.43. The number of likely N-dealkylation sites (tertiary alicyclic amines) is 1. The Hall–Kier alpha value is -1.66. The molecule has 0 unspecified atom stereocenters. The van der Waals surface area contributed by atoms with Crippen LogP contribution in [0.5, 0.6) is 0 Å². The van der Waals surface area contributed by atoms with Crippen molar-refractivity contribution < 1.29 is 13.9 Å². The van der Waals surface area contributed by atoms with E-state index in [1.54, 1.807) is 0 Å². The first-order chi connectivity index (χ1) is 13.0. The molecule has 1 aromatic rings. The predicted octanol–water partition coefficient (Wildman–Crippen LogP) is 2.51. The van der Waals surface area contributed by atoms with E-state index in [1.165, 1.54) is 12.1 Å². The van der Waals surface area contributed by atoms with Crippen molar-refractivity contribution in [3.05, 3.63) is 30.1 Å². The zero-order valence-electron chi connectivity index (χ0n) is 16.4. The van der Waals surface area contributed by atoms with Crippen LogP contribution >= 0.6 is 0 Å². The molecular weight excluding hydrogens is 345 g/mol. The van der Waals surface area contributed by atoms with Crippen molar-refractivity contribution in [2.24, 2.45) is 0 Å². The maximum Gasteiger partial charge on any atom is 0.237 e. The van der Waals surface area contributed by atoms with E-state index in [0.717, 1.165) is 44.6 Å². The fraction of sp³-hybridized carbons (Fsp3) is 0.667. The highest BCUT2D eigenvalue weighted by atomic mass is 19.1. The summed E-state index contributed by atoms with van der Waals surface area (Å²) in [4.78, 5) is 19.8. The van der Waals surface area contributed by atoms with Gasteiger partial charge in [0, 0.05) is 30.9 Å². The molecule has 0 aliphatic carbocycles. The van der Waals surface area contributed by atoms with Gasteiger partial charge in [-0.05, 0) is 57.4 Å². The van der Waals surface area contributed by atoms with E-state index in [9.17, 15) is 9.18 Å². The molecule has 1 amide bonds. The average Bonchev–Trinajstić information content (AvgIpc) is 2.93. The normalized spacial score (nSPS) is 28.3. The quantitative estimate of drug-likeness (QED) is 0.813. The number of amides is 1. The van der Waals surface area contributed by atoms with Gasteiger partial charge < -0.3 is 14.5 Å². The number of piperidine rings is 1. The highest BCUT2D eigenvalue weighted by molar-refractivity contribution is 5.79. The first kappa shape index (κ1) is 18.7. The molecular formula is C21H30FN3O2.